The summed E-state index contributed by atoms with van der Waals surface area (Å²) in [4.78, 5) is 13.9. The number of rotatable bonds is 2. The Morgan fingerprint density at radius 2 is 1.71 bits per heavy atom. The maximum Gasteiger partial charge on any atom is 0.308 e. The third-order valence-corrected chi connectivity index (χ3v) is 4.25. The fourth-order valence-electron chi connectivity index (χ4n) is 3.09. The monoisotopic (exact) mass is 241 g/mol. The third kappa shape index (κ3) is 3.19. The Hall–Kier alpha value is -0.610. The summed E-state index contributed by atoms with van der Waals surface area (Å²) in [6, 6.07) is 0.614. The van der Waals surface area contributed by atoms with Gasteiger partial charge in [-0.05, 0) is 38.5 Å². The van der Waals surface area contributed by atoms with E-state index in [-0.39, 0.29) is 18.0 Å². The first-order valence-electron chi connectivity index (χ1n) is 6.70. The largest absolute Gasteiger partial charge is 0.469 e. The van der Waals surface area contributed by atoms with Crippen molar-refractivity contribution in [3.63, 3.8) is 0 Å². The zero-order chi connectivity index (χ0) is 12.3. The molecule has 0 aromatic rings. The first kappa shape index (κ1) is 12.8. The van der Waals surface area contributed by atoms with E-state index in [4.69, 9.17) is 4.74 Å². The van der Waals surface area contributed by atoms with E-state index in [0.29, 0.717) is 6.04 Å². The summed E-state index contributed by atoms with van der Waals surface area (Å²) in [6.45, 7) is 2.02. The minimum absolute atomic E-state index is 0.0440. The molecular formula is C13H23NO3. The lowest BCUT2D eigenvalue weighted by atomic mass is 9.84. The molecule has 0 atom stereocenters. The van der Waals surface area contributed by atoms with Crippen molar-refractivity contribution in [1.82, 2.24) is 4.90 Å². The molecule has 17 heavy (non-hydrogen) atoms. The molecule has 0 unspecified atom stereocenters. The Morgan fingerprint density at radius 3 is 2.24 bits per heavy atom. The van der Waals surface area contributed by atoms with Crippen molar-refractivity contribution in [1.29, 1.82) is 0 Å². The van der Waals surface area contributed by atoms with E-state index in [1.54, 1.807) is 0 Å². The molecule has 4 heteroatoms. The summed E-state index contributed by atoms with van der Waals surface area (Å²) in [5.41, 5.74) is 0. The molecule has 2 aliphatic rings. The second kappa shape index (κ2) is 5.83. The number of carbonyl (C=O) groups is 1. The van der Waals surface area contributed by atoms with Gasteiger partial charge in [-0.3, -0.25) is 4.79 Å². The Labute approximate surface area is 103 Å². The number of aliphatic hydroxyl groups is 1. The Bertz CT molecular complexity index is 253. The van der Waals surface area contributed by atoms with Gasteiger partial charge in [-0.2, -0.15) is 0 Å². The SMILES string of the molecule is COC(=O)C1CCC(N2CCC(O)CC2)CC1. The number of aliphatic hydroxyl groups excluding tert-OH is 1. The van der Waals surface area contributed by atoms with Gasteiger partial charge in [0.1, 0.15) is 0 Å². The Morgan fingerprint density at radius 1 is 1.12 bits per heavy atom. The molecule has 1 N–H and O–H groups in total. The highest BCUT2D eigenvalue weighted by Crippen LogP contribution is 2.29. The molecule has 2 rings (SSSR count). The van der Waals surface area contributed by atoms with E-state index >= 15 is 0 Å². The lowest BCUT2D eigenvalue weighted by Crippen LogP contribution is -2.44. The minimum Gasteiger partial charge on any atom is -0.469 e. The Balaban J connectivity index is 1.77. The van der Waals surface area contributed by atoms with Crippen molar-refractivity contribution in [2.24, 2.45) is 5.92 Å². The van der Waals surface area contributed by atoms with Crippen LogP contribution in [0.3, 0.4) is 0 Å². The maximum atomic E-state index is 11.4. The van der Waals surface area contributed by atoms with E-state index < -0.39 is 0 Å². The van der Waals surface area contributed by atoms with Crippen LogP contribution in [0.15, 0.2) is 0 Å². The van der Waals surface area contributed by atoms with E-state index in [1.165, 1.54) is 7.11 Å². The van der Waals surface area contributed by atoms with Crippen LogP contribution in [-0.4, -0.2) is 48.3 Å². The van der Waals surface area contributed by atoms with Gasteiger partial charge in [-0.25, -0.2) is 0 Å². The van der Waals surface area contributed by atoms with Gasteiger partial charge in [-0.1, -0.05) is 0 Å². The van der Waals surface area contributed by atoms with Crippen LogP contribution in [0, 0.1) is 5.92 Å². The highest BCUT2D eigenvalue weighted by molar-refractivity contribution is 5.72. The van der Waals surface area contributed by atoms with E-state index in [0.717, 1.165) is 51.6 Å². The predicted molar refractivity (Wildman–Crippen MR) is 64.6 cm³/mol. The van der Waals surface area contributed by atoms with E-state index in [1.807, 2.05) is 0 Å². The lowest BCUT2D eigenvalue weighted by Gasteiger charge is -2.39. The standard InChI is InChI=1S/C13H23NO3/c1-17-13(16)10-2-4-11(5-3-10)14-8-6-12(15)7-9-14/h10-12,15H,2-9H2,1H3. The summed E-state index contributed by atoms with van der Waals surface area (Å²) < 4.78 is 4.80. The number of carbonyl (C=O) groups excluding carboxylic acids is 1. The summed E-state index contributed by atoms with van der Waals surface area (Å²) in [6.07, 6.45) is 5.80. The zero-order valence-electron chi connectivity index (χ0n) is 10.6. The van der Waals surface area contributed by atoms with Gasteiger partial charge in [0.15, 0.2) is 0 Å². The van der Waals surface area contributed by atoms with Crippen LogP contribution >= 0.6 is 0 Å². The minimum atomic E-state index is -0.0994. The molecule has 0 aromatic carbocycles. The fourth-order valence-corrected chi connectivity index (χ4v) is 3.09. The van der Waals surface area contributed by atoms with Crippen LogP contribution < -0.4 is 0 Å². The summed E-state index contributed by atoms with van der Waals surface area (Å²) >= 11 is 0. The summed E-state index contributed by atoms with van der Waals surface area (Å²) in [7, 11) is 1.47. The molecule has 0 spiro atoms. The number of methoxy groups -OCH3 is 1. The molecular weight excluding hydrogens is 218 g/mol. The maximum absolute atomic E-state index is 11.4. The molecule has 4 nitrogen and oxygen atoms in total. The van der Waals surface area contributed by atoms with Gasteiger partial charge in [0, 0.05) is 19.1 Å². The first-order chi connectivity index (χ1) is 8.20. The molecule has 0 amide bonds. The van der Waals surface area contributed by atoms with Crippen LogP contribution in [0.4, 0.5) is 0 Å². The normalized spacial score (nSPS) is 32.4. The molecule has 0 radical (unpaired) electrons. The van der Waals surface area contributed by atoms with Gasteiger partial charge in [0.05, 0.1) is 19.1 Å². The lowest BCUT2D eigenvalue weighted by molar-refractivity contribution is -0.147. The molecule has 1 heterocycles. The van der Waals surface area contributed by atoms with Crippen molar-refractivity contribution in [3.05, 3.63) is 0 Å². The van der Waals surface area contributed by atoms with Gasteiger partial charge in [0.25, 0.3) is 0 Å². The van der Waals surface area contributed by atoms with Gasteiger partial charge >= 0.3 is 5.97 Å². The molecule has 1 aliphatic carbocycles. The van der Waals surface area contributed by atoms with Crippen LogP contribution in [-0.2, 0) is 9.53 Å². The number of piperidine rings is 1. The van der Waals surface area contributed by atoms with Gasteiger partial charge in [-0.15, -0.1) is 0 Å². The molecule has 1 saturated heterocycles. The number of likely N-dealkylation sites (tertiary alicyclic amines) is 1. The molecule has 1 aliphatic heterocycles. The summed E-state index contributed by atoms with van der Waals surface area (Å²) in [5, 5.41) is 9.48. The molecule has 0 aromatic heterocycles. The third-order valence-electron chi connectivity index (χ3n) is 4.25. The van der Waals surface area contributed by atoms with Crippen LogP contribution in [0.2, 0.25) is 0 Å². The smallest absolute Gasteiger partial charge is 0.308 e. The molecule has 0 bridgehead atoms. The number of hydrogen-bond acceptors (Lipinski definition) is 4. The Kier molecular flexibility index (Phi) is 4.40. The number of hydrogen-bond donors (Lipinski definition) is 1. The highest BCUT2D eigenvalue weighted by atomic mass is 16.5. The zero-order valence-corrected chi connectivity index (χ0v) is 10.6. The quantitative estimate of drug-likeness (QED) is 0.737. The van der Waals surface area contributed by atoms with E-state index in [9.17, 15) is 9.90 Å². The second-order valence-corrected chi connectivity index (χ2v) is 5.30. The van der Waals surface area contributed by atoms with Gasteiger partial charge in [0.2, 0.25) is 0 Å². The number of ether oxygens (including phenoxy) is 1. The topological polar surface area (TPSA) is 49.8 Å². The fraction of sp³-hybridized carbons (Fsp3) is 0.923. The molecule has 1 saturated carbocycles. The average Bonchev–Trinajstić information content (AvgIpc) is 2.39. The highest BCUT2D eigenvalue weighted by Gasteiger charge is 2.31. The van der Waals surface area contributed by atoms with Crippen molar-refractivity contribution in [2.75, 3.05) is 20.2 Å². The second-order valence-electron chi connectivity index (χ2n) is 5.30. The van der Waals surface area contributed by atoms with Crippen molar-refractivity contribution < 1.29 is 14.6 Å². The number of esters is 1. The number of nitrogens with zero attached hydrogens (tertiary/aromatic N) is 1. The van der Waals surface area contributed by atoms with Crippen LogP contribution in [0.5, 0.6) is 0 Å². The van der Waals surface area contributed by atoms with Gasteiger partial charge < -0.3 is 14.7 Å². The van der Waals surface area contributed by atoms with Crippen LogP contribution in [0.25, 0.3) is 0 Å². The van der Waals surface area contributed by atoms with Crippen LogP contribution in [0.1, 0.15) is 38.5 Å². The average molecular weight is 241 g/mol. The molecule has 98 valence electrons. The van der Waals surface area contributed by atoms with E-state index in [2.05, 4.69) is 4.90 Å². The van der Waals surface area contributed by atoms with Crippen molar-refractivity contribution >= 4 is 5.97 Å². The summed E-state index contributed by atoms with van der Waals surface area (Å²) in [5.74, 6) is 0.0733. The van der Waals surface area contributed by atoms with Crippen molar-refractivity contribution in [2.45, 2.75) is 50.7 Å². The van der Waals surface area contributed by atoms with Crippen molar-refractivity contribution in [3.8, 4) is 0 Å². The first-order valence-corrected chi connectivity index (χ1v) is 6.70. The molecule has 2 fully saturated rings. The predicted octanol–water partition coefficient (Wildman–Crippen LogP) is 1.17.